The van der Waals surface area contributed by atoms with E-state index in [9.17, 15) is 0 Å². The van der Waals surface area contributed by atoms with Gasteiger partial charge in [0.05, 0.1) is 14.2 Å². The Hall–Kier alpha value is -5.21. The molecule has 0 unspecified atom stereocenters. The van der Waals surface area contributed by atoms with E-state index >= 15 is 0 Å². The van der Waals surface area contributed by atoms with Gasteiger partial charge in [-0.1, -0.05) is 48.5 Å². The summed E-state index contributed by atoms with van der Waals surface area (Å²) in [4.78, 5) is 0. The molecule has 4 aromatic rings. The van der Waals surface area contributed by atoms with Crippen molar-refractivity contribution in [3.63, 3.8) is 0 Å². The molecule has 0 saturated heterocycles. The second-order valence-electron chi connectivity index (χ2n) is 7.28. The van der Waals surface area contributed by atoms with Crippen LogP contribution in [-0.4, -0.2) is 31.7 Å². The number of diazo groups is 2. The van der Waals surface area contributed by atoms with Crippen LogP contribution in [0.5, 0.6) is 11.5 Å². The maximum Gasteiger partial charge on any atom is 0.316 e. The largest absolute Gasteiger partial charge is 0.759 e. The molecule has 0 aliphatic heterocycles. The predicted molar refractivity (Wildman–Crippen MR) is 144 cm³/mol. The smallest absolute Gasteiger partial charge is 0.316 e. The van der Waals surface area contributed by atoms with Crippen LogP contribution in [0.15, 0.2) is 109 Å². The molecular formula is C26H24N6O6S. The standard InChI is InChI=1S/2C13H12N3O.H2O4S/c2*1-17-13-9-5-8-12(10-13)16(15-14)11-6-3-2-4-7-11;1-5(2,3)4/h2*2-10H,1H3;(H2,1,2,3,4)/q2*+1;/p-2. The van der Waals surface area contributed by atoms with Crippen LogP contribution in [0, 0.1) is 10.8 Å². The summed E-state index contributed by atoms with van der Waals surface area (Å²) >= 11 is 0. The molecule has 12 nitrogen and oxygen atoms in total. The molecule has 0 radical (unpaired) electrons. The maximum absolute atomic E-state index is 9.11. The Morgan fingerprint density at radius 1 is 0.590 bits per heavy atom. The number of methoxy groups -OCH3 is 2. The lowest BCUT2D eigenvalue weighted by molar-refractivity contribution is 0.352. The third-order valence-corrected chi connectivity index (χ3v) is 4.78. The van der Waals surface area contributed by atoms with Crippen LogP contribution in [0.3, 0.4) is 0 Å². The molecule has 0 fully saturated rings. The van der Waals surface area contributed by atoms with Crippen molar-refractivity contribution in [2.75, 3.05) is 24.2 Å². The summed E-state index contributed by atoms with van der Waals surface area (Å²) in [6.45, 7) is 0. The van der Waals surface area contributed by atoms with Gasteiger partial charge < -0.3 is 18.6 Å². The molecule has 0 aliphatic carbocycles. The van der Waals surface area contributed by atoms with E-state index in [-0.39, 0.29) is 0 Å². The van der Waals surface area contributed by atoms with Gasteiger partial charge in [-0.05, 0) is 48.5 Å². The van der Waals surface area contributed by atoms with Crippen LogP contribution in [0.1, 0.15) is 0 Å². The highest BCUT2D eigenvalue weighted by Crippen LogP contribution is 2.29. The highest BCUT2D eigenvalue weighted by atomic mass is 32.3. The average molecular weight is 549 g/mol. The van der Waals surface area contributed by atoms with Gasteiger partial charge in [0.25, 0.3) is 10.8 Å². The number of hydrogen-bond acceptors (Lipinski definition) is 10. The van der Waals surface area contributed by atoms with E-state index in [1.807, 2.05) is 97.1 Å². The third kappa shape index (κ3) is 10.4. The van der Waals surface area contributed by atoms with E-state index < -0.39 is 10.4 Å². The lowest BCUT2D eigenvalue weighted by Gasteiger charge is -2.06. The van der Waals surface area contributed by atoms with Crippen molar-refractivity contribution in [2.45, 2.75) is 0 Å². The zero-order valence-corrected chi connectivity index (χ0v) is 21.7. The molecule has 0 amide bonds. The second-order valence-corrected chi connectivity index (χ2v) is 8.10. The number of hydrogen-bond donors (Lipinski definition) is 0. The Balaban J connectivity index is 0.000000234. The Morgan fingerprint density at radius 2 is 0.897 bits per heavy atom. The van der Waals surface area contributed by atoms with E-state index in [1.165, 1.54) is 10.0 Å². The van der Waals surface area contributed by atoms with E-state index in [1.54, 1.807) is 26.4 Å². The van der Waals surface area contributed by atoms with Gasteiger partial charge in [-0.3, -0.25) is 8.42 Å². The number of nitrogens with zero attached hydrogens (tertiary/aromatic N) is 6. The minimum absolute atomic E-state index is 0.715. The van der Waals surface area contributed by atoms with Gasteiger partial charge in [0.1, 0.15) is 34.2 Å². The highest BCUT2D eigenvalue weighted by molar-refractivity contribution is 7.79. The van der Waals surface area contributed by atoms with Gasteiger partial charge in [-0.25, -0.2) is 0 Å². The minimum Gasteiger partial charge on any atom is -0.759 e. The molecule has 39 heavy (non-hydrogen) atoms. The molecule has 0 aliphatic rings. The highest BCUT2D eigenvalue weighted by Gasteiger charge is 2.20. The number of benzene rings is 4. The van der Waals surface area contributed by atoms with Crippen molar-refractivity contribution in [3.05, 3.63) is 119 Å². The summed E-state index contributed by atoms with van der Waals surface area (Å²) in [5, 5.41) is 27.6. The molecule has 0 spiro atoms. The first-order valence-corrected chi connectivity index (χ1v) is 12.4. The van der Waals surface area contributed by atoms with Crippen LogP contribution in [0.2, 0.25) is 0 Å². The van der Waals surface area contributed by atoms with Crippen molar-refractivity contribution >= 4 is 33.1 Å². The van der Waals surface area contributed by atoms with E-state index in [4.69, 9.17) is 37.8 Å². The van der Waals surface area contributed by atoms with Crippen molar-refractivity contribution in [1.82, 2.24) is 0 Å². The summed E-state index contributed by atoms with van der Waals surface area (Å²) in [5.74, 6) is 1.43. The summed E-state index contributed by atoms with van der Waals surface area (Å²) in [6, 6.07) is 33.4. The summed E-state index contributed by atoms with van der Waals surface area (Å²) in [6.07, 6.45) is 0. The van der Waals surface area contributed by atoms with E-state index in [0.29, 0.717) is 11.5 Å². The summed E-state index contributed by atoms with van der Waals surface area (Å²) in [5.41, 5.74) is 3.03. The molecule has 0 heterocycles. The first-order chi connectivity index (χ1) is 18.7. The zero-order chi connectivity index (χ0) is 28.7. The lowest BCUT2D eigenvalue weighted by atomic mass is 10.2. The molecule has 4 aromatic carbocycles. The molecule has 0 atom stereocenters. The Labute approximate surface area is 226 Å². The quantitative estimate of drug-likeness (QED) is 0.123. The van der Waals surface area contributed by atoms with Crippen molar-refractivity contribution in [2.24, 2.45) is 0 Å². The SMILES string of the molecule is COc1cccc(N([N+]#N)c2ccccc2)c1.COc1cccc(N([N+]#N)c2ccccc2)c1.O=S(=O)([O-])[O-]. The van der Waals surface area contributed by atoms with Crippen molar-refractivity contribution in [1.29, 1.82) is 10.8 Å². The van der Waals surface area contributed by atoms with Crippen LogP contribution in [0.25, 0.3) is 10.2 Å². The molecule has 13 heteroatoms. The minimum atomic E-state index is -5.17. The van der Waals surface area contributed by atoms with Crippen LogP contribution < -0.4 is 19.5 Å². The number of rotatable bonds is 6. The van der Waals surface area contributed by atoms with Crippen LogP contribution in [0.4, 0.5) is 22.7 Å². The number of anilines is 4. The molecule has 0 bridgehead atoms. The van der Waals surface area contributed by atoms with E-state index in [2.05, 4.69) is 10.2 Å². The number of para-hydroxylation sites is 2. The predicted octanol–water partition coefficient (Wildman–Crippen LogP) is 5.86. The average Bonchev–Trinajstić information content (AvgIpc) is 2.95. The van der Waals surface area contributed by atoms with Gasteiger partial charge in [-0.15, -0.1) is 0 Å². The third-order valence-electron chi connectivity index (χ3n) is 4.78. The molecule has 4 rings (SSSR count). The Bertz CT molecular complexity index is 1400. The Morgan fingerprint density at radius 3 is 1.18 bits per heavy atom. The normalized spacial score (nSPS) is 9.69. The fourth-order valence-electron chi connectivity index (χ4n) is 3.13. The summed E-state index contributed by atoms with van der Waals surface area (Å²) < 4.78 is 44.4. The molecule has 0 aromatic heterocycles. The molecule has 200 valence electrons. The van der Waals surface area contributed by atoms with Gasteiger partial charge in [-0.2, -0.15) is 0 Å². The molecular weight excluding hydrogens is 524 g/mol. The van der Waals surface area contributed by atoms with Crippen molar-refractivity contribution in [3.8, 4) is 11.5 Å². The lowest BCUT2D eigenvalue weighted by Crippen LogP contribution is -2.05. The first-order valence-electron chi connectivity index (χ1n) is 11.0. The van der Waals surface area contributed by atoms with Gasteiger partial charge in [0.15, 0.2) is 0 Å². The maximum atomic E-state index is 9.11. The topological polar surface area (TPSA) is 162 Å². The molecule has 0 N–H and O–H groups in total. The zero-order valence-electron chi connectivity index (χ0n) is 20.9. The van der Waals surface area contributed by atoms with Crippen molar-refractivity contribution < 1.29 is 27.0 Å². The molecule has 0 saturated carbocycles. The van der Waals surface area contributed by atoms with Gasteiger partial charge in [0, 0.05) is 32.5 Å². The Kier molecular flexibility index (Phi) is 11.6. The van der Waals surface area contributed by atoms with Gasteiger partial charge in [0.2, 0.25) is 0 Å². The fourth-order valence-corrected chi connectivity index (χ4v) is 3.13. The van der Waals surface area contributed by atoms with E-state index in [0.717, 1.165) is 22.7 Å². The van der Waals surface area contributed by atoms with Gasteiger partial charge >= 0.3 is 10.2 Å². The monoisotopic (exact) mass is 548 g/mol. The second kappa shape index (κ2) is 15.1. The van der Waals surface area contributed by atoms with Crippen LogP contribution >= 0.6 is 0 Å². The first kappa shape index (κ1) is 30.0. The fraction of sp³-hybridized carbons (Fsp3) is 0.0769. The number of ether oxygens (including phenoxy) is 2. The van der Waals surface area contributed by atoms with Crippen LogP contribution in [-0.2, 0) is 10.4 Å². The summed E-state index contributed by atoms with van der Waals surface area (Å²) in [7, 11) is -1.97.